The molecule has 0 saturated carbocycles. The smallest absolute Gasteiger partial charge is 0.280 e. The monoisotopic (exact) mass is 1340 g/mol. The Kier molecular flexibility index (Phi) is 42.3. The zero-order valence-electron chi connectivity index (χ0n) is 54.3. The van der Waals surface area contributed by atoms with Gasteiger partial charge in [0.1, 0.15) is 5.56 Å². The molecule has 0 bridgehead atoms. The molecule has 0 saturated heterocycles. The molecule has 0 heterocycles. The first-order valence-electron chi connectivity index (χ1n) is 33.5. The van der Waals surface area contributed by atoms with Crippen LogP contribution in [0.1, 0.15) is 284 Å². The van der Waals surface area contributed by atoms with Crippen LogP contribution in [0.5, 0.6) is 0 Å². The van der Waals surface area contributed by atoms with E-state index in [2.05, 4.69) is 27.7 Å². The van der Waals surface area contributed by atoms with Crippen molar-refractivity contribution < 1.29 is 102 Å². The first-order chi connectivity index (χ1) is 42.0. The summed E-state index contributed by atoms with van der Waals surface area (Å²) in [4.78, 5) is 0. The van der Waals surface area contributed by atoms with Crippen molar-refractivity contribution in [1.29, 1.82) is 0 Å². The summed E-state index contributed by atoms with van der Waals surface area (Å²) in [6, 6.07) is -4.80. The minimum absolute atomic E-state index is 0.0628. The molecule has 2 aromatic rings. The van der Waals surface area contributed by atoms with Crippen LogP contribution in [0.3, 0.4) is 0 Å². The summed E-state index contributed by atoms with van der Waals surface area (Å²) in [5.74, 6) is -44.4. The zero-order chi connectivity index (χ0) is 69.0. The van der Waals surface area contributed by atoms with Gasteiger partial charge in [-0.1, -0.05) is 254 Å². The summed E-state index contributed by atoms with van der Waals surface area (Å²) in [5.41, 5.74) is -14.2. The standard InChI is InChI=1S/C36H76B.C15F16.C15H27F6N/c1-5-9-13-17-21-25-29-33-37(34-30-26-22-18-14-10-6-2,35-31-27-23-19-15-11-7-3)36-32-28-24-20-16-12-8-4;16-5-2(6(17)10(21)12(23)9(5)20)1-3(13(24,25)15(29,30)31)7(18)11(22)8(19)4(1)14(26,27)28;1-4-6-7-8-10-13(16,17)14(18,19)15(20,21)22-11-12(3)9-5-2/h5-36H2,1-4H3;;12,22H,4-11H2,1-3H3/q-1;;/p+1. The topological polar surface area (TPSA) is 16.6 Å². The molecule has 1 unspecified atom stereocenters. The van der Waals surface area contributed by atoms with Gasteiger partial charge < -0.3 is 0 Å². The van der Waals surface area contributed by atoms with Gasteiger partial charge in [0, 0.05) is 24.0 Å². The first-order valence-corrected chi connectivity index (χ1v) is 33.5. The Hall–Kier alpha value is -3.08. The number of quaternary nitrogens is 1. The molecule has 2 aromatic carbocycles. The molecular weight excluding hydrogens is 1240 g/mol. The van der Waals surface area contributed by atoms with Crippen molar-refractivity contribution in [3.63, 3.8) is 0 Å². The van der Waals surface area contributed by atoms with E-state index >= 15 is 0 Å². The number of halogens is 22. The number of alkyl halides is 14. The Morgan fingerprint density at radius 3 is 0.933 bits per heavy atom. The van der Waals surface area contributed by atoms with E-state index in [1.165, 1.54) is 180 Å². The number of hydrogen-bond donors (Lipinski definition) is 1. The second kappa shape index (κ2) is 43.8. The third-order valence-electron chi connectivity index (χ3n) is 17.2. The van der Waals surface area contributed by atoms with E-state index in [9.17, 15) is 96.6 Å². The van der Waals surface area contributed by atoms with Crippen molar-refractivity contribution >= 4 is 6.15 Å². The Labute approximate surface area is 522 Å². The maximum Gasteiger partial charge on any atom is 0.458 e. The fourth-order valence-corrected chi connectivity index (χ4v) is 11.7. The average molecular weight is 1340 g/mol. The summed E-state index contributed by atoms with van der Waals surface area (Å²) < 4.78 is 295. The highest BCUT2D eigenvalue weighted by Crippen LogP contribution is 2.54. The van der Waals surface area contributed by atoms with Crippen molar-refractivity contribution in [2.75, 3.05) is 6.54 Å². The molecule has 530 valence electrons. The third-order valence-corrected chi connectivity index (χ3v) is 17.2. The quantitative estimate of drug-likeness (QED) is 0.0170. The van der Waals surface area contributed by atoms with Gasteiger partial charge in [-0.3, -0.25) is 5.32 Å². The van der Waals surface area contributed by atoms with E-state index in [0.29, 0.717) is 19.3 Å². The van der Waals surface area contributed by atoms with Crippen LogP contribution in [0, 0.1) is 52.5 Å². The highest BCUT2D eigenvalue weighted by atomic mass is 19.4. The highest BCUT2D eigenvalue weighted by molar-refractivity contribution is 6.79. The summed E-state index contributed by atoms with van der Waals surface area (Å²) in [6.07, 6.45) is 35.6. The normalized spacial score (nSPS) is 13.2. The zero-order valence-corrected chi connectivity index (χ0v) is 54.3. The van der Waals surface area contributed by atoms with Gasteiger partial charge in [0.2, 0.25) is 5.82 Å². The van der Waals surface area contributed by atoms with Gasteiger partial charge in [-0.15, -0.1) is 8.78 Å². The van der Waals surface area contributed by atoms with Crippen molar-refractivity contribution in [2.45, 2.75) is 335 Å². The molecule has 0 spiro atoms. The molecule has 0 amide bonds. The third kappa shape index (κ3) is 28.9. The van der Waals surface area contributed by atoms with Gasteiger partial charge in [-0.2, -0.15) is 78.0 Å². The molecule has 0 radical (unpaired) electrons. The van der Waals surface area contributed by atoms with Crippen LogP contribution < -0.4 is 5.32 Å². The molecule has 0 aromatic heterocycles. The van der Waals surface area contributed by atoms with Crippen molar-refractivity contribution in [3.05, 3.63) is 57.7 Å². The molecule has 0 fully saturated rings. The van der Waals surface area contributed by atoms with Crippen LogP contribution in [0.2, 0.25) is 25.3 Å². The molecule has 2 rings (SSSR count). The molecule has 0 aliphatic rings. The van der Waals surface area contributed by atoms with Crippen molar-refractivity contribution in [3.8, 4) is 11.1 Å². The lowest BCUT2D eigenvalue weighted by atomic mass is 9.17. The van der Waals surface area contributed by atoms with E-state index < -0.39 is 111 Å². The number of hydrogen-bond acceptors (Lipinski definition) is 0. The summed E-state index contributed by atoms with van der Waals surface area (Å²) >= 11 is 0. The van der Waals surface area contributed by atoms with E-state index in [1.54, 1.807) is 32.2 Å². The Bertz CT molecular complexity index is 2130. The molecule has 0 aliphatic carbocycles. The van der Waals surface area contributed by atoms with Crippen LogP contribution in [0.4, 0.5) is 96.6 Å². The molecule has 0 aliphatic heterocycles. The van der Waals surface area contributed by atoms with Gasteiger partial charge in [0.15, 0.2) is 40.7 Å². The first kappa shape index (κ1) is 86.9. The lowest BCUT2D eigenvalue weighted by molar-refractivity contribution is -0.811. The van der Waals surface area contributed by atoms with E-state index in [1.807, 2.05) is 13.8 Å². The average Bonchev–Trinajstić information content (AvgIpc) is 0.721. The van der Waals surface area contributed by atoms with Crippen LogP contribution in [0.25, 0.3) is 11.1 Å². The number of rotatable bonds is 46. The molecule has 1 atom stereocenters. The largest absolute Gasteiger partial charge is 0.458 e. The molecular formula is C66H104BF22N. The van der Waals surface area contributed by atoms with Crippen molar-refractivity contribution in [1.82, 2.24) is 0 Å². The van der Waals surface area contributed by atoms with Gasteiger partial charge in [0.25, 0.3) is 0 Å². The van der Waals surface area contributed by atoms with Gasteiger partial charge >= 0.3 is 36.2 Å². The van der Waals surface area contributed by atoms with Crippen LogP contribution in [-0.2, 0) is 12.1 Å². The summed E-state index contributed by atoms with van der Waals surface area (Å²) in [7, 11) is 0. The SMILES string of the molecule is CCCCCCC(F)(F)C(F)(F)C(F)(F)[NH2+]CC(C)CCC.CCCCCCCCC[B-](CCCCCCCCC)(CCCCCCCCC)CCCCCCCCC.Fc1c(F)c(F)c(-c2c(C(F)(F)F)c(F)c(F)c(F)c2C(F)(F)C(F)(F)F)c(F)c1F. The predicted molar refractivity (Wildman–Crippen MR) is 318 cm³/mol. The second-order valence-electron chi connectivity index (χ2n) is 25.0. The molecule has 24 heteroatoms. The predicted octanol–water partition coefficient (Wildman–Crippen LogP) is 26.4. The fourth-order valence-electron chi connectivity index (χ4n) is 11.7. The molecule has 2 N–H and O–H groups in total. The Balaban J connectivity index is 0.00000136. The summed E-state index contributed by atoms with van der Waals surface area (Å²) in [6.45, 7) is 14.4. The molecule has 1 nitrogen and oxygen atoms in total. The lowest BCUT2D eigenvalue weighted by Crippen LogP contribution is -3.00. The maximum atomic E-state index is 13.9. The minimum atomic E-state index is -7.10. The number of unbranched alkanes of at least 4 members (excludes halogenated alkanes) is 27. The fraction of sp³-hybridized carbons (Fsp3) is 0.818. The van der Waals surface area contributed by atoms with Gasteiger partial charge in [-0.25, -0.2) is 35.1 Å². The maximum absolute atomic E-state index is 13.9. The summed E-state index contributed by atoms with van der Waals surface area (Å²) in [5, 5.41) is 0.0628. The minimum Gasteiger partial charge on any atom is -0.280 e. The van der Waals surface area contributed by atoms with Gasteiger partial charge in [-0.05, 0) is 12.8 Å². The van der Waals surface area contributed by atoms with E-state index in [4.69, 9.17) is 0 Å². The Morgan fingerprint density at radius 1 is 0.333 bits per heavy atom. The van der Waals surface area contributed by atoms with Crippen LogP contribution >= 0.6 is 0 Å². The molecule has 90 heavy (non-hydrogen) atoms. The van der Waals surface area contributed by atoms with Crippen LogP contribution in [0.15, 0.2) is 0 Å². The number of benzene rings is 2. The lowest BCUT2D eigenvalue weighted by Gasteiger charge is -2.41. The van der Waals surface area contributed by atoms with Crippen molar-refractivity contribution in [2.24, 2.45) is 5.92 Å². The highest BCUT2D eigenvalue weighted by Gasteiger charge is 2.74. The second-order valence-corrected chi connectivity index (χ2v) is 25.0. The number of nitrogens with two attached hydrogens (primary N) is 1. The van der Waals surface area contributed by atoms with E-state index in [-0.39, 0.29) is 30.3 Å². The van der Waals surface area contributed by atoms with Crippen LogP contribution in [-0.4, -0.2) is 36.8 Å². The Morgan fingerprint density at radius 2 is 0.622 bits per heavy atom. The van der Waals surface area contributed by atoms with Gasteiger partial charge in [0.05, 0.1) is 17.7 Å². The van der Waals surface area contributed by atoms with E-state index in [0.717, 1.165) is 12.8 Å².